The number of rotatable bonds is 5. The Bertz CT molecular complexity index is 227. The molecular weight excluding hydrogens is 235 g/mol. The number of nitrogens with zero attached hydrogens (tertiary/aromatic N) is 1. The van der Waals surface area contributed by atoms with Gasteiger partial charge in [-0.05, 0) is 0 Å². The van der Waals surface area contributed by atoms with Gasteiger partial charge in [-0.15, -0.1) is 0 Å². The monoisotopic (exact) mass is 248 g/mol. The number of likely N-dealkylation sites (tertiary alicyclic amines) is 1. The third-order valence-electron chi connectivity index (χ3n) is 2.30. The molecule has 1 fully saturated rings. The van der Waals surface area contributed by atoms with E-state index in [0.717, 1.165) is 0 Å². The predicted molar refractivity (Wildman–Crippen MR) is 46.3 cm³/mol. The van der Waals surface area contributed by atoms with Crippen LogP contribution in [-0.2, 0) is 0 Å². The van der Waals surface area contributed by atoms with Gasteiger partial charge in [0.05, 0.1) is 12.6 Å². The number of aliphatic hydroxyl groups excluding tert-OH is 1. The Balaban J connectivity index is 2.11. The zero-order valence-corrected chi connectivity index (χ0v) is 8.40. The number of aliphatic hydroxyl groups is 1. The van der Waals surface area contributed by atoms with Crippen LogP contribution in [0.4, 0.5) is 22.0 Å². The van der Waals surface area contributed by atoms with Gasteiger partial charge in [-0.1, -0.05) is 0 Å². The number of hydrogen-bond acceptors (Lipinski definition) is 3. The molecule has 1 saturated heterocycles. The van der Waals surface area contributed by atoms with Crippen molar-refractivity contribution in [1.82, 2.24) is 10.2 Å². The maximum absolute atomic E-state index is 12.4. The van der Waals surface area contributed by atoms with Crippen LogP contribution >= 0.6 is 0 Å². The Labute approximate surface area is 89.2 Å². The summed E-state index contributed by atoms with van der Waals surface area (Å²) in [5.74, 6) is -4.69. The van der Waals surface area contributed by atoms with Gasteiger partial charge >= 0.3 is 12.1 Å². The molecule has 0 bridgehead atoms. The second-order valence-electron chi connectivity index (χ2n) is 3.79. The van der Waals surface area contributed by atoms with Crippen molar-refractivity contribution < 1.29 is 27.1 Å². The molecule has 0 aromatic rings. The minimum Gasteiger partial charge on any atom is -0.390 e. The van der Waals surface area contributed by atoms with E-state index >= 15 is 0 Å². The zero-order valence-electron chi connectivity index (χ0n) is 8.40. The standard InChI is InChI=1S/C8H13F5N2O/c9-7(10,8(11,12)13)5-14-1-2-15-3-6(16)4-15/h6,14,16H,1-5H2. The van der Waals surface area contributed by atoms with E-state index in [2.05, 4.69) is 5.32 Å². The average Bonchev–Trinajstić information content (AvgIpc) is 2.06. The van der Waals surface area contributed by atoms with Crippen molar-refractivity contribution in [1.29, 1.82) is 0 Å². The Kier molecular flexibility index (Phi) is 4.08. The fourth-order valence-electron chi connectivity index (χ4n) is 1.31. The summed E-state index contributed by atoms with van der Waals surface area (Å²) in [5, 5.41) is 10.9. The summed E-state index contributed by atoms with van der Waals surface area (Å²) in [6, 6.07) is 0. The highest BCUT2D eigenvalue weighted by molar-refractivity contribution is 4.81. The summed E-state index contributed by atoms with van der Waals surface area (Å²) in [6.07, 6.45) is -5.91. The van der Waals surface area contributed by atoms with E-state index in [1.54, 1.807) is 4.90 Å². The van der Waals surface area contributed by atoms with Crippen LogP contribution < -0.4 is 5.32 Å². The maximum Gasteiger partial charge on any atom is 0.454 e. The zero-order chi connectivity index (χ0) is 12.4. The highest BCUT2D eigenvalue weighted by Crippen LogP contribution is 2.34. The van der Waals surface area contributed by atoms with Gasteiger partial charge in [0, 0.05) is 26.2 Å². The molecule has 0 spiro atoms. The lowest BCUT2D eigenvalue weighted by molar-refractivity contribution is -0.279. The molecular formula is C8H13F5N2O. The van der Waals surface area contributed by atoms with Crippen LogP contribution in [0.25, 0.3) is 0 Å². The molecule has 1 rings (SSSR count). The molecule has 0 aromatic carbocycles. The molecule has 16 heavy (non-hydrogen) atoms. The first-order valence-corrected chi connectivity index (χ1v) is 4.78. The van der Waals surface area contributed by atoms with Crippen molar-refractivity contribution >= 4 is 0 Å². The highest BCUT2D eigenvalue weighted by Gasteiger charge is 2.56. The van der Waals surface area contributed by atoms with Crippen LogP contribution in [0, 0.1) is 0 Å². The molecule has 8 heteroatoms. The lowest BCUT2D eigenvalue weighted by Gasteiger charge is -2.35. The summed E-state index contributed by atoms with van der Waals surface area (Å²) >= 11 is 0. The molecule has 0 atom stereocenters. The van der Waals surface area contributed by atoms with Crippen molar-refractivity contribution in [3.8, 4) is 0 Å². The molecule has 0 unspecified atom stereocenters. The highest BCUT2D eigenvalue weighted by atomic mass is 19.4. The molecule has 0 aliphatic carbocycles. The van der Waals surface area contributed by atoms with E-state index in [1.807, 2.05) is 0 Å². The van der Waals surface area contributed by atoms with E-state index in [-0.39, 0.29) is 6.54 Å². The Morgan fingerprint density at radius 1 is 1.19 bits per heavy atom. The van der Waals surface area contributed by atoms with Crippen molar-refractivity contribution in [3.05, 3.63) is 0 Å². The minimum absolute atomic E-state index is 0.0401. The molecule has 0 radical (unpaired) electrons. The van der Waals surface area contributed by atoms with Crippen LogP contribution in [0.1, 0.15) is 0 Å². The molecule has 1 aliphatic rings. The quantitative estimate of drug-likeness (QED) is 0.548. The van der Waals surface area contributed by atoms with E-state index in [9.17, 15) is 22.0 Å². The van der Waals surface area contributed by atoms with E-state index in [1.165, 1.54) is 0 Å². The van der Waals surface area contributed by atoms with Gasteiger partial charge in [0.1, 0.15) is 0 Å². The Morgan fingerprint density at radius 2 is 1.75 bits per heavy atom. The molecule has 0 aromatic heterocycles. The smallest absolute Gasteiger partial charge is 0.390 e. The van der Waals surface area contributed by atoms with Crippen LogP contribution in [0.2, 0.25) is 0 Å². The largest absolute Gasteiger partial charge is 0.454 e. The predicted octanol–water partition coefficient (Wildman–Crippen LogP) is 0.450. The number of β-amino-alcohol motifs (C(OH)–C–C–N with tert-alkyl or cyclic N) is 1. The van der Waals surface area contributed by atoms with E-state index < -0.39 is 24.7 Å². The van der Waals surface area contributed by atoms with Crippen molar-refractivity contribution in [3.63, 3.8) is 0 Å². The van der Waals surface area contributed by atoms with Crippen LogP contribution in [0.15, 0.2) is 0 Å². The van der Waals surface area contributed by atoms with E-state index in [4.69, 9.17) is 5.11 Å². The van der Waals surface area contributed by atoms with Gasteiger partial charge in [0.15, 0.2) is 0 Å². The summed E-state index contributed by atoms with van der Waals surface area (Å²) in [7, 11) is 0. The molecule has 0 saturated carbocycles. The van der Waals surface area contributed by atoms with Crippen LogP contribution in [0.3, 0.4) is 0 Å². The van der Waals surface area contributed by atoms with Gasteiger partial charge in [-0.3, -0.25) is 4.90 Å². The van der Waals surface area contributed by atoms with Crippen molar-refractivity contribution in [2.24, 2.45) is 0 Å². The van der Waals surface area contributed by atoms with Gasteiger partial charge in [0.2, 0.25) is 0 Å². The lowest BCUT2D eigenvalue weighted by Crippen LogP contribution is -2.53. The van der Waals surface area contributed by atoms with E-state index in [0.29, 0.717) is 19.6 Å². The minimum atomic E-state index is -5.51. The summed E-state index contributed by atoms with van der Waals surface area (Å²) in [6.45, 7) is -0.134. The number of halogens is 5. The molecule has 0 amide bonds. The summed E-state index contributed by atoms with van der Waals surface area (Å²) in [4.78, 5) is 1.75. The molecule has 3 nitrogen and oxygen atoms in total. The average molecular weight is 248 g/mol. The maximum atomic E-state index is 12.4. The Hall–Kier alpha value is -0.470. The first kappa shape index (κ1) is 13.6. The van der Waals surface area contributed by atoms with Crippen molar-refractivity contribution in [2.75, 3.05) is 32.7 Å². The second kappa shape index (κ2) is 4.80. The number of nitrogens with one attached hydrogen (secondary N) is 1. The normalized spacial score (nSPS) is 19.9. The molecule has 96 valence electrons. The third-order valence-corrected chi connectivity index (χ3v) is 2.30. The second-order valence-corrected chi connectivity index (χ2v) is 3.79. The van der Waals surface area contributed by atoms with Gasteiger partial charge < -0.3 is 10.4 Å². The molecule has 1 heterocycles. The summed E-state index contributed by atoms with van der Waals surface area (Å²) < 4.78 is 59.9. The number of alkyl halides is 5. The SMILES string of the molecule is OC1CN(CCNCC(F)(F)C(F)(F)F)C1. The summed E-state index contributed by atoms with van der Waals surface area (Å²) in [5.41, 5.74) is 0. The van der Waals surface area contributed by atoms with Gasteiger partial charge in [-0.2, -0.15) is 22.0 Å². The third kappa shape index (κ3) is 3.53. The molecule has 1 aliphatic heterocycles. The number of hydrogen-bond donors (Lipinski definition) is 2. The van der Waals surface area contributed by atoms with Gasteiger partial charge in [0.25, 0.3) is 0 Å². The van der Waals surface area contributed by atoms with Gasteiger partial charge in [-0.25, -0.2) is 0 Å². The fourth-order valence-corrected chi connectivity index (χ4v) is 1.31. The van der Waals surface area contributed by atoms with Crippen LogP contribution in [0.5, 0.6) is 0 Å². The lowest BCUT2D eigenvalue weighted by atomic mass is 10.2. The fraction of sp³-hybridized carbons (Fsp3) is 1.00. The molecule has 2 N–H and O–H groups in total. The Morgan fingerprint density at radius 3 is 2.19 bits per heavy atom. The first-order valence-electron chi connectivity index (χ1n) is 4.78. The van der Waals surface area contributed by atoms with Crippen molar-refractivity contribution in [2.45, 2.75) is 18.2 Å². The van der Waals surface area contributed by atoms with Crippen LogP contribution in [-0.4, -0.2) is 60.9 Å². The topological polar surface area (TPSA) is 35.5 Å². The first-order chi connectivity index (χ1) is 7.22.